The number of ether oxygens (including phenoxy) is 4. The van der Waals surface area contributed by atoms with Gasteiger partial charge in [-0.05, 0) is 25.1 Å². The fourth-order valence-electron chi connectivity index (χ4n) is 6.14. The second-order valence-electron chi connectivity index (χ2n) is 13.0. The number of aromatic hydroxyl groups is 4. The first kappa shape index (κ1) is 39.6. The predicted molar refractivity (Wildman–Crippen MR) is 171 cm³/mol. The maximum atomic E-state index is 13.3. The summed E-state index contributed by atoms with van der Waals surface area (Å²) in [5.41, 5.74) is -3.92. The van der Waals surface area contributed by atoms with E-state index in [0.29, 0.717) is 0 Å². The van der Waals surface area contributed by atoms with Gasteiger partial charge in [0.15, 0.2) is 28.8 Å². The molecular weight excluding hydrogens is 716 g/mol. The van der Waals surface area contributed by atoms with Crippen molar-refractivity contribution in [1.29, 1.82) is 0 Å². The lowest BCUT2D eigenvalue weighted by Gasteiger charge is -2.46. The van der Waals surface area contributed by atoms with Crippen molar-refractivity contribution in [3.63, 3.8) is 0 Å². The molecule has 0 saturated carbocycles. The number of benzene rings is 2. The normalized spacial score (nSPS) is 30.1. The fraction of sp³-hybridized carbons (Fsp3) is 0.485. The number of phenolic OH excluding ortho intramolecular Hbond substituents is 4. The summed E-state index contributed by atoms with van der Waals surface area (Å²) in [4.78, 5) is 36.6. The molecule has 11 unspecified atom stereocenters. The number of aliphatic carboxylic acids is 1. The third-order valence-corrected chi connectivity index (χ3v) is 8.84. The molecule has 2 aliphatic heterocycles. The molecule has 0 bridgehead atoms. The number of hydrogen-bond donors (Lipinski definition) is 12. The average Bonchev–Trinajstić information content (AvgIpc) is 3.07. The molecule has 53 heavy (non-hydrogen) atoms. The number of fused-ring (bicyclic) bond motifs is 1. The minimum absolute atomic E-state index is 0.0395. The van der Waals surface area contributed by atoms with E-state index in [-0.39, 0.29) is 11.3 Å². The van der Waals surface area contributed by atoms with Crippen molar-refractivity contribution in [2.24, 2.45) is 0 Å². The van der Waals surface area contributed by atoms with Crippen LogP contribution in [0.5, 0.6) is 23.0 Å². The molecule has 2 aliphatic rings. The highest BCUT2D eigenvalue weighted by atomic mass is 16.7. The molecule has 0 radical (unpaired) electrons. The number of rotatable bonds is 11. The Hall–Kier alpha value is -4.61. The highest BCUT2D eigenvalue weighted by molar-refractivity contribution is 5.89. The van der Waals surface area contributed by atoms with Gasteiger partial charge in [-0.2, -0.15) is 0 Å². The van der Waals surface area contributed by atoms with E-state index >= 15 is 0 Å². The van der Waals surface area contributed by atoms with Crippen molar-refractivity contribution in [2.45, 2.75) is 86.6 Å². The molecule has 2 fully saturated rings. The largest absolute Gasteiger partial charge is 0.507 e. The average molecular weight is 755 g/mol. The zero-order valence-corrected chi connectivity index (χ0v) is 27.6. The van der Waals surface area contributed by atoms with E-state index in [1.165, 1.54) is 6.07 Å². The van der Waals surface area contributed by atoms with Gasteiger partial charge in [0.05, 0.1) is 30.6 Å². The van der Waals surface area contributed by atoms with Gasteiger partial charge in [-0.15, -0.1) is 0 Å². The third kappa shape index (κ3) is 8.16. The molecule has 11 atom stereocenters. The molecule has 2 aromatic carbocycles. The maximum absolute atomic E-state index is 13.3. The SMILES string of the molecule is CC(O)(CC(=O)O)CC(=O)OCC1OC(OC2C(c3c(O)cc(O)c4c(=O)cc(-c5ccc(O)c(O)c5)oc34)OC(CO)C(O)C2O)C(O)C(O)C1O. The number of carbonyl (C=O) groups is 2. The Morgan fingerprint density at radius 1 is 0.811 bits per heavy atom. The molecule has 12 N–H and O–H groups in total. The molecule has 0 spiro atoms. The van der Waals surface area contributed by atoms with E-state index in [1.807, 2.05) is 0 Å². The van der Waals surface area contributed by atoms with Crippen LogP contribution in [0.1, 0.15) is 31.4 Å². The molecule has 3 heterocycles. The zero-order chi connectivity index (χ0) is 39.1. The van der Waals surface area contributed by atoms with Crippen molar-refractivity contribution in [1.82, 2.24) is 0 Å². The van der Waals surface area contributed by atoms with Gasteiger partial charge in [0, 0.05) is 17.7 Å². The molecule has 3 aromatic rings. The van der Waals surface area contributed by atoms with Crippen molar-refractivity contribution in [3.8, 4) is 34.3 Å². The predicted octanol–water partition coefficient (Wildman–Crippen LogP) is -2.21. The second-order valence-corrected chi connectivity index (χ2v) is 13.0. The van der Waals surface area contributed by atoms with Gasteiger partial charge in [0.2, 0.25) is 0 Å². The van der Waals surface area contributed by atoms with Gasteiger partial charge >= 0.3 is 11.9 Å². The first-order chi connectivity index (χ1) is 24.8. The summed E-state index contributed by atoms with van der Waals surface area (Å²) in [6.45, 7) is -0.679. The molecule has 5 rings (SSSR count). The number of aliphatic hydroxyl groups is 7. The highest BCUT2D eigenvalue weighted by Gasteiger charge is 2.52. The van der Waals surface area contributed by atoms with Crippen LogP contribution >= 0.6 is 0 Å². The first-order valence-corrected chi connectivity index (χ1v) is 16.0. The van der Waals surface area contributed by atoms with Crippen LogP contribution in [0.15, 0.2) is 39.5 Å². The summed E-state index contributed by atoms with van der Waals surface area (Å²) in [5, 5.41) is 124. The van der Waals surface area contributed by atoms with Crippen LogP contribution in [-0.2, 0) is 28.5 Å². The van der Waals surface area contributed by atoms with E-state index in [4.69, 9.17) is 28.5 Å². The summed E-state index contributed by atoms with van der Waals surface area (Å²) in [6, 6.07) is 5.06. The highest BCUT2D eigenvalue weighted by Crippen LogP contribution is 2.45. The van der Waals surface area contributed by atoms with Crippen LogP contribution < -0.4 is 5.43 Å². The van der Waals surface area contributed by atoms with Crippen molar-refractivity contribution >= 4 is 22.9 Å². The summed E-state index contributed by atoms with van der Waals surface area (Å²) in [5.74, 6) is -5.48. The van der Waals surface area contributed by atoms with Gasteiger partial charge in [-0.1, -0.05) is 0 Å². The van der Waals surface area contributed by atoms with Crippen LogP contribution in [0.3, 0.4) is 0 Å². The van der Waals surface area contributed by atoms with E-state index in [2.05, 4.69) is 0 Å². The summed E-state index contributed by atoms with van der Waals surface area (Å²) < 4.78 is 28.1. The molecular formula is C33H38O20. The Bertz CT molecular complexity index is 1890. The molecule has 20 nitrogen and oxygen atoms in total. The van der Waals surface area contributed by atoms with Gasteiger partial charge in [0.1, 0.15) is 84.2 Å². The number of carboxylic acids is 1. The van der Waals surface area contributed by atoms with Crippen LogP contribution in [0.2, 0.25) is 0 Å². The Morgan fingerprint density at radius 2 is 1.49 bits per heavy atom. The maximum Gasteiger partial charge on any atom is 0.308 e. The lowest BCUT2D eigenvalue weighted by atomic mass is 9.89. The molecule has 1 aromatic heterocycles. The van der Waals surface area contributed by atoms with Crippen LogP contribution in [0.4, 0.5) is 0 Å². The summed E-state index contributed by atoms with van der Waals surface area (Å²) >= 11 is 0. The lowest BCUT2D eigenvalue weighted by molar-refractivity contribution is -0.342. The minimum Gasteiger partial charge on any atom is -0.507 e. The molecule has 290 valence electrons. The Morgan fingerprint density at radius 3 is 2.13 bits per heavy atom. The molecule has 2 saturated heterocycles. The first-order valence-electron chi connectivity index (χ1n) is 16.0. The fourth-order valence-corrected chi connectivity index (χ4v) is 6.14. The standard InChI is InChI=1S/C33H38O20/c1-33(48,7-20(40)41)8-21(42)49-10-19-25(44)26(45)28(47)32(52-19)53-31-27(46)24(43)18(9-34)51-30(31)23-15(38)5-14(37)22-16(39)6-17(50-29(22)23)11-2-3-12(35)13(36)4-11/h2-6,18-19,24-28,30-32,34-38,43-48H,7-10H2,1H3,(H,40,41). The quantitative estimate of drug-likeness (QED) is 0.0729. The second kappa shape index (κ2) is 15.4. The Kier molecular flexibility index (Phi) is 11.5. The number of esters is 1. The smallest absolute Gasteiger partial charge is 0.308 e. The molecule has 20 heteroatoms. The number of aliphatic hydroxyl groups excluding tert-OH is 6. The van der Waals surface area contributed by atoms with Gasteiger partial charge in [0.25, 0.3) is 0 Å². The van der Waals surface area contributed by atoms with Gasteiger partial charge in [-0.25, -0.2) is 0 Å². The zero-order valence-electron chi connectivity index (χ0n) is 27.6. The minimum atomic E-state index is -2.11. The van der Waals surface area contributed by atoms with Crippen molar-refractivity contribution in [3.05, 3.63) is 46.1 Å². The topological polar surface area (TPSA) is 344 Å². The molecule has 0 aliphatic carbocycles. The van der Waals surface area contributed by atoms with E-state index < -0.39 is 150 Å². The van der Waals surface area contributed by atoms with Gasteiger partial charge < -0.3 is 84.6 Å². The Labute approximate surface area is 297 Å². The number of carbonyl (C=O) groups excluding carboxylic acids is 1. The third-order valence-electron chi connectivity index (χ3n) is 8.84. The van der Waals surface area contributed by atoms with E-state index in [9.17, 15) is 70.6 Å². The number of hydrogen-bond acceptors (Lipinski definition) is 19. The van der Waals surface area contributed by atoms with Crippen molar-refractivity contribution in [2.75, 3.05) is 13.2 Å². The van der Waals surface area contributed by atoms with Crippen LogP contribution in [0.25, 0.3) is 22.3 Å². The number of phenols is 4. The number of carboxylic acid groups (broad SMARTS) is 1. The van der Waals surface area contributed by atoms with Crippen molar-refractivity contribution < 1.29 is 94.2 Å². The molecule has 0 amide bonds. The van der Waals surface area contributed by atoms with Crippen LogP contribution in [-0.4, -0.2) is 147 Å². The van der Waals surface area contributed by atoms with E-state index in [1.54, 1.807) is 0 Å². The Balaban J connectivity index is 1.51. The lowest BCUT2D eigenvalue weighted by Crippen LogP contribution is -2.63. The van der Waals surface area contributed by atoms with Gasteiger partial charge in [-0.3, -0.25) is 14.4 Å². The summed E-state index contributed by atoms with van der Waals surface area (Å²) in [6.07, 6.45) is -20.8. The van der Waals surface area contributed by atoms with Crippen LogP contribution in [0, 0.1) is 0 Å². The summed E-state index contributed by atoms with van der Waals surface area (Å²) in [7, 11) is 0. The monoisotopic (exact) mass is 754 g/mol. The van der Waals surface area contributed by atoms with E-state index in [0.717, 1.165) is 31.2 Å².